The molecule has 5 aromatic rings. The Bertz CT molecular complexity index is 1580. The van der Waals surface area contributed by atoms with E-state index in [2.05, 4.69) is 61.5 Å². The fourth-order valence-electron chi connectivity index (χ4n) is 4.97. The van der Waals surface area contributed by atoms with Crippen molar-refractivity contribution in [2.24, 2.45) is 0 Å². The lowest BCUT2D eigenvalue weighted by Crippen LogP contribution is -2.07. The van der Waals surface area contributed by atoms with Crippen LogP contribution >= 0.6 is 11.3 Å². The van der Waals surface area contributed by atoms with Crippen LogP contribution in [0.1, 0.15) is 45.4 Å². The second kappa shape index (κ2) is 11.0. The highest BCUT2D eigenvalue weighted by Crippen LogP contribution is 2.44. The molecule has 4 heteroatoms. The summed E-state index contributed by atoms with van der Waals surface area (Å²) >= 11 is 1.59. The lowest BCUT2D eigenvalue weighted by atomic mass is 10.0. The van der Waals surface area contributed by atoms with Crippen LogP contribution in [-0.4, -0.2) is 14.2 Å². The normalized spacial score (nSPS) is 11.9. The predicted octanol–water partition coefficient (Wildman–Crippen LogP) is 9.52. The number of thiophene rings is 1. The van der Waals surface area contributed by atoms with Gasteiger partial charge in [0, 0.05) is 10.4 Å². The maximum atomic E-state index is 13.8. The first-order valence-electron chi connectivity index (χ1n) is 12.9. The fraction of sp³-hybridized carbons (Fsp3) is 0.250. The average molecular weight is 513 g/mol. The number of sulfone groups is 1. The Morgan fingerprint density at radius 1 is 0.639 bits per heavy atom. The SMILES string of the molecule is CCCCCCCCS(=O)(=O)c1cc(-c2cccc3ccccc23)sc1-c1cccc2ccccc12. The van der Waals surface area contributed by atoms with Crippen LogP contribution in [0.15, 0.2) is 95.9 Å². The van der Waals surface area contributed by atoms with Crippen molar-refractivity contribution in [1.82, 2.24) is 0 Å². The molecule has 1 aromatic heterocycles. The molecule has 0 atom stereocenters. The summed E-state index contributed by atoms with van der Waals surface area (Å²) < 4.78 is 27.5. The average Bonchev–Trinajstić information content (AvgIpc) is 3.36. The van der Waals surface area contributed by atoms with Gasteiger partial charge in [0.1, 0.15) is 0 Å². The molecule has 4 aromatic carbocycles. The third kappa shape index (κ3) is 5.11. The van der Waals surface area contributed by atoms with Crippen LogP contribution in [0.4, 0.5) is 0 Å². The monoisotopic (exact) mass is 512 g/mol. The summed E-state index contributed by atoms with van der Waals surface area (Å²) in [6.07, 6.45) is 6.37. The summed E-state index contributed by atoms with van der Waals surface area (Å²) in [7, 11) is -3.43. The second-order valence-electron chi connectivity index (χ2n) is 9.44. The molecule has 0 amide bonds. The summed E-state index contributed by atoms with van der Waals surface area (Å²) in [5, 5.41) is 4.51. The van der Waals surface area contributed by atoms with Crippen molar-refractivity contribution >= 4 is 42.7 Å². The zero-order chi connectivity index (χ0) is 25.0. The maximum Gasteiger partial charge on any atom is 0.179 e. The minimum absolute atomic E-state index is 0.197. The minimum atomic E-state index is -3.43. The molecule has 0 fully saturated rings. The Hall–Kier alpha value is -2.95. The van der Waals surface area contributed by atoms with Crippen molar-refractivity contribution in [3.05, 3.63) is 91.0 Å². The quantitative estimate of drug-likeness (QED) is 0.175. The lowest BCUT2D eigenvalue weighted by Gasteiger charge is -2.09. The molecule has 0 aliphatic carbocycles. The summed E-state index contributed by atoms with van der Waals surface area (Å²) in [5.74, 6) is 0.197. The smallest absolute Gasteiger partial charge is 0.179 e. The zero-order valence-corrected chi connectivity index (χ0v) is 22.4. The van der Waals surface area contributed by atoms with E-state index in [0.717, 1.165) is 55.3 Å². The van der Waals surface area contributed by atoms with Crippen LogP contribution in [0.25, 0.3) is 42.4 Å². The number of fused-ring (bicyclic) bond motifs is 2. The molecule has 0 radical (unpaired) electrons. The van der Waals surface area contributed by atoms with Gasteiger partial charge in [-0.15, -0.1) is 11.3 Å². The molecule has 1 heterocycles. The summed E-state index contributed by atoms with van der Waals surface area (Å²) in [6, 6.07) is 30.9. The maximum absolute atomic E-state index is 13.8. The highest BCUT2D eigenvalue weighted by atomic mass is 32.2. The molecule has 36 heavy (non-hydrogen) atoms. The van der Waals surface area contributed by atoms with Gasteiger partial charge in [0.2, 0.25) is 0 Å². The van der Waals surface area contributed by atoms with Crippen molar-refractivity contribution in [2.45, 2.75) is 50.3 Å². The first kappa shape index (κ1) is 24.7. The third-order valence-corrected chi connectivity index (χ3v) is 10.0. The van der Waals surface area contributed by atoms with Crippen LogP contribution in [0.3, 0.4) is 0 Å². The summed E-state index contributed by atoms with van der Waals surface area (Å²) in [5.41, 5.74) is 2.08. The second-order valence-corrected chi connectivity index (χ2v) is 12.6. The Morgan fingerprint density at radius 3 is 1.89 bits per heavy atom. The highest BCUT2D eigenvalue weighted by molar-refractivity contribution is 7.91. The van der Waals surface area contributed by atoms with Crippen LogP contribution in [0.5, 0.6) is 0 Å². The molecule has 0 unspecified atom stereocenters. The Kier molecular flexibility index (Phi) is 7.54. The molecule has 5 rings (SSSR count). The fourth-order valence-corrected chi connectivity index (χ4v) is 8.18. The van der Waals surface area contributed by atoms with E-state index in [1.54, 1.807) is 11.3 Å². The van der Waals surface area contributed by atoms with Gasteiger partial charge in [0.05, 0.1) is 15.5 Å². The van der Waals surface area contributed by atoms with Crippen molar-refractivity contribution < 1.29 is 8.42 Å². The molecule has 0 aliphatic heterocycles. The number of hydrogen-bond acceptors (Lipinski definition) is 3. The minimum Gasteiger partial charge on any atom is -0.224 e. The molecule has 0 saturated carbocycles. The number of unbranched alkanes of at least 4 members (excludes halogenated alkanes) is 5. The van der Waals surface area contributed by atoms with E-state index in [1.165, 1.54) is 19.3 Å². The molecule has 0 spiro atoms. The van der Waals surface area contributed by atoms with Gasteiger partial charge in [-0.25, -0.2) is 8.42 Å². The van der Waals surface area contributed by atoms with Crippen LogP contribution < -0.4 is 0 Å². The van der Waals surface area contributed by atoms with Gasteiger partial charge in [0.15, 0.2) is 9.84 Å². The van der Waals surface area contributed by atoms with Gasteiger partial charge in [0.25, 0.3) is 0 Å². The molecule has 0 saturated heterocycles. The molecular weight excluding hydrogens is 480 g/mol. The molecule has 0 N–H and O–H groups in total. The molecule has 184 valence electrons. The standard InChI is InChI=1S/C32H32O2S2/c1-2-3-4-5-6-11-22-36(33,34)31-23-30(28-20-12-16-24-14-7-9-18-26(24)28)35-32(31)29-21-13-17-25-15-8-10-19-27(25)29/h7-10,12-21,23H,2-6,11,22H2,1H3. The van der Waals surface area contributed by atoms with E-state index in [4.69, 9.17) is 0 Å². The first-order chi connectivity index (χ1) is 17.6. The third-order valence-electron chi connectivity index (χ3n) is 6.89. The lowest BCUT2D eigenvalue weighted by molar-refractivity contribution is 0.584. The summed E-state index contributed by atoms with van der Waals surface area (Å²) in [6.45, 7) is 2.20. The zero-order valence-electron chi connectivity index (χ0n) is 20.7. The first-order valence-corrected chi connectivity index (χ1v) is 15.4. The number of hydrogen-bond donors (Lipinski definition) is 0. The van der Waals surface area contributed by atoms with E-state index < -0.39 is 9.84 Å². The van der Waals surface area contributed by atoms with E-state index in [-0.39, 0.29) is 5.75 Å². The van der Waals surface area contributed by atoms with Gasteiger partial charge in [-0.2, -0.15) is 0 Å². The van der Waals surface area contributed by atoms with Crippen molar-refractivity contribution in [3.63, 3.8) is 0 Å². The topological polar surface area (TPSA) is 34.1 Å². The Labute approximate surface area is 218 Å². The van der Waals surface area contributed by atoms with Crippen molar-refractivity contribution in [3.8, 4) is 20.9 Å². The molecule has 2 nitrogen and oxygen atoms in total. The predicted molar refractivity (Wildman–Crippen MR) is 156 cm³/mol. The van der Waals surface area contributed by atoms with Crippen LogP contribution in [-0.2, 0) is 9.84 Å². The van der Waals surface area contributed by atoms with Gasteiger partial charge < -0.3 is 0 Å². The molecule has 0 bridgehead atoms. The van der Waals surface area contributed by atoms with Gasteiger partial charge in [-0.1, -0.05) is 124 Å². The highest BCUT2D eigenvalue weighted by Gasteiger charge is 2.25. The number of benzene rings is 4. The Balaban J connectivity index is 1.61. The van der Waals surface area contributed by atoms with E-state index in [1.807, 2.05) is 36.4 Å². The molecular formula is C32H32O2S2. The number of rotatable bonds is 10. The largest absolute Gasteiger partial charge is 0.224 e. The summed E-state index contributed by atoms with van der Waals surface area (Å²) in [4.78, 5) is 2.32. The van der Waals surface area contributed by atoms with E-state index in [0.29, 0.717) is 11.3 Å². The van der Waals surface area contributed by atoms with E-state index >= 15 is 0 Å². The molecule has 0 aliphatic rings. The van der Waals surface area contributed by atoms with Gasteiger partial charge in [-0.3, -0.25) is 0 Å². The van der Waals surface area contributed by atoms with Gasteiger partial charge >= 0.3 is 0 Å². The van der Waals surface area contributed by atoms with Crippen molar-refractivity contribution in [1.29, 1.82) is 0 Å². The Morgan fingerprint density at radius 2 is 1.19 bits per heavy atom. The van der Waals surface area contributed by atoms with Crippen molar-refractivity contribution in [2.75, 3.05) is 5.75 Å². The van der Waals surface area contributed by atoms with E-state index in [9.17, 15) is 8.42 Å². The van der Waals surface area contributed by atoms with Gasteiger partial charge in [-0.05, 0) is 39.6 Å². The van der Waals surface area contributed by atoms with Crippen LogP contribution in [0.2, 0.25) is 0 Å². The van der Waals surface area contributed by atoms with Crippen LogP contribution in [0, 0.1) is 0 Å².